The Morgan fingerprint density at radius 2 is 0.750 bits per heavy atom. The summed E-state index contributed by atoms with van der Waals surface area (Å²) >= 11 is 0. The molecule has 0 unspecified atom stereocenters. The maximum Gasteiger partial charge on any atom is 3.00 e. The van der Waals surface area contributed by atoms with E-state index in [-0.39, 0.29) is 36.2 Å². The van der Waals surface area contributed by atoms with Crippen LogP contribution in [0, 0.1) is 0 Å². The molecule has 0 aromatic rings. The third-order valence-corrected chi connectivity index (χ3v) is 0. The van der Waals surface area contributed by atoms with Crippen LogP contribution in [0.15, 0.2) is 0 Å². The van der Waals surface area contributed by atoms with E-state index in [1.54, 1.807) is 0 Å². The van der Waals surface area contributed by atoms with E-state index in [0.717, 1.165) is 0 Å². The Morgan fingerprint density at radius 3 is 0.750 bits per heavy atom. The van der Waals surface area contributed by atoms with Crippen LogP contribution in [0.4, 0.5) is 0 Å². The molecule has 12 heavy (non-hydrogen) atoms. The fourth-order valence-corrected chi connectivity index (χ4v) is 0. The molecule has 8 nitrogen and oxygen atoms in total. The van der Waals surface area contributed by atoms with Gasteiger partial charge in [-0.1, -0.05) is 0 Å². The molecule has 0 aliphatic heterocycles. The average Bonchev–Trinajstić information content (AvgIpc) is 1.12. The van der Waals surface area contributed by atoms with E-state index in [4.69, 9.17) is 38.4 Å². The maximum absolute atomic E-state index is 8.58. The van der Waals surface area contributed by atoms with Gasteiger partial charge in [0.15, 0.2) is 0 Å². The topological polar surface area (TPSA) is 173 Å². The zero-order chi connectivity index (χ0) is 9.00. The van der Waals surface area contributed by atoms with Gasteiger partial charge in [0.1, 0.15) is 0 Å². The second-order valence-corrected chi connectivity index (χ2v) is 3.30. The van der Waals surface area contributed by atoms with Crippen LogP contribution in [0.3, 0.4) is 0 Å². The van der Waals surface area contributed by atoms with Crippen LogP contribution in [0.2, 0.25) is 0 Å². The van der Waals surface area contributed by atoms with Gasteiger partial charge in [-0.2, -0.15) is 0 Å². The predicted octanol–water partition coefficient (Wildman–Crippen LogP) is -11.1. The van der Waals surface area contributed by atoms with Crippen molar-refractivity contribution in [1.29, 1.82) is 0 Å². The molecule has 0 aromatic carbocycles. The van der Waals surface area contributed by atoms with Gasteiger partial charge in [-0.05, 0) is 0 Å². The van der Waals surface area contributed by atoms with E-state index in [2.05, 4.69) is 0 Å². The van der Waals surface area contributed by atoms with Crippen molar-refractivity contribution in [3.8, 4) is 0 Å². The maximum atomic E-state index is 8.58. The molecule has 4 N–H and O–H groups in total. The molecule has 0 amide bonds. The van der Waals surface area contributed by atoms with Crippen LogP contribution >= 0.6 is 0 Å². The summed E-state index contributed by atoms with van der Waals surface area (Å²) in [6.07, 6.45) is 0. The molecule has 0 bridgehead atoms. The summed E-state index contributed by atoms with van der Waals surface area (Å²) in [5, 5.41) is 0. The molecule has 0 radical (unpaired) electrons. The van der Waals surface area contributed by atoms with Crippen LogP contribution in [-0.2, 0) is 0 Å². The van der Waals surface area contributed by atoms with Crippen molar-refractivity contribution in [2.45, 2.75) is 0 Å². The third kappa shape index (κ3) is 763. The van der Waals surface area contributed by atoms with Crippen LogP contribution in [-0.4, -0.2) is 54.6 Å². The fourth-order valence-electron chi connectivity index (χ4n) is 0. The van der Waals surface area contributed by atoms with Crippen molar-refractivity contribution in [3.05, 3.63) is 0 Å². The zero-order valence-corrected chi connectivity index (χ0v) is 9.15. The molecule has 0 aromatic heterocycles. The summed E-state index contributed by atoms with van der Waals surface area (Å²) in [7, 11) is -10.2. The SMILES string of the molecule is O[Si](O)(O)O.[Al+3].[Li+].[O-][Si]([O-])([O-])[O-]. The standard InChI is InChI=1S/Al.Li.H4O4Si.O4Si/c;;2*1-5(2,3)4/h;;1-4H;/q+3;+1;;-4. The molecular weight excluding hydrogens is 218 g/mol. The van der Waals surface area contributed by atoms with Gasteiger partial charge < -0.3 is 47.4 Å². The minimum absolute atomic E-state index is 0. The first-order chi connectivity index (χ1) is 4.00. The summed E-state index contributed by atoms with van der Waals surface area (Å²) in [6.45, 7) is 0. The van der Waals surface area contributed by atoms with Gasteiger partial charge in [0.25, 0.3) is 0 Å². The molecule has 0 heterocycles. The second kappa shape index (κ2) is 8.82. The summed E-state index contributed by atoms with van der Waals surface area (Å²) < 4.78 is 0. The Kier molecular flexibility index (Phi) is 17.1. The monoisotopic (exact) mass is 222 g/mol. The van der Waals surface area contributed by atoms with Crippen LogP contribution in [0.1, 0.15) is 0 Å². The molecule has 0 aliphatic rings. The van der Waals surface area contributed by atoms with Gasteiger partial charge in [-0.15, -0.1) is 0 Å². The first-order valence-electron chi connectivity index (χ1n) is 1.71. The summed E-state index contributed by atoms with van der Waals surface area (Å²) in [6, 6.07) is 0. The van der Waals surface area contributed by atoms with E-state index in [1.807, 2.05) is 0 Å². The van der Waals surface area contributed by atoms with Crippen molar-refractivity contribution in [2.24, 2.45) is 0 Å². The van der Waals surface area contributed by atoms with Gasteiger partial charge >= 0.3 is 45.3 Å². The molecule has 0 spiro atoms. The summed E-state index contributed by atoms with van der Waals surface area (Å²) in [4.78, 5) is 63.6. The zero-order valence-electron chi connectivity index (χ0n) is 6.00. The van der Waals surface area contributed by atoms with Crippen LogP contribution in [0.5, 0.6) is 0 Å². The van der Waals surface area contributed by atoms with Crippen molar-refractivity contribution in [2.75, 3.05) is 0 Å². The van der Waals surface area contributed by atoms with Crippen molar-refractivity contribution in [3.63, 3.8) is 0 Å². The van der Waals surface area contributed by atoms with Crippen molar-refractivity contribution >= 4 is 35.5 Å². The van der Waals surface area contributed by atoms with Gasteiger partial charge in [-0.3, -0.25) is 0 Å². The van der Waals surface area contributed by atoms with Gasteiger partial charge in [0.2, 0.25) is 0 Å². The summed E-state index contributed by atoms with van der Waals surface area (Å²) in [5.41, 5.74) is 0. The normalized spacial score (nSPS) is 10.0. The van der Waals surface area contributed by atoms with E-state index in [1.165, 1.54) is 0 Å². The molecule has 12 heteroatoms. The number of rotatable bonds is 0. The minimum atomic E-state index is -5.61. The van der Waals surface area contributed by atoms with Crippen molar-refractivity contribution < 1.29 is 57.2 Å². The van der Waals surface area contributed by atoms with E-state index in [0.29, 0.717) is 0 Å². The third-order valence-electron chi connectivity index (χ3n) is 0. The average molecular weight is 222 g/mol. The molecule has 0 rings (SSSR count). The second-order valence-electron chi connectivity index (χ2n) is 1.10. The first-order valence-corrected chi connectivity index (χ1v) is 5.13. The molecule has 0 atom stereocenters. The molecule has 64 valence electrons. The van der Waals surface area contributed by atoms with Crippen LogP contribution in [0.25, 0.3) is 0 Å². The van der Waals surface area contributed by atoms with E-state index >= 15 is 0 Å². The molecule has 0 saturated heterocycles. The smallest absolute Gasteiger partial charge is 0.894 e. The number of hydrogen-bond donors (Lipinski definition) is 4. The van der Waals surface area contributed by atoms with E-state index < -0.39 is 18.1 Å². The Balaban J connectivity index is -0.0000000457. The van der Waals surface area contributed by atoms with Crippen LogP contribution < -0.4 is 38.0 Å². The van der Waals surface area contributed by atoms with Gasteiger partial charge in [0.05, 0.1) is 0 Å². The molecule has 0 fully saturated rings. The Labute approximate surface area is 92.7 Å². The Bertz CT molecular complexity index is 60.0. The predicted molar refractivity (Wildman–Crippen MR) is 26.1 cm³/mol. The fraction of sp³-hybridized carbons (Fsp3) is 0. The molecule has 0 aliphatic carbocycles. The molecular formula is H4AlLiO8Si2. The van der Waals surface area contributed by atoms with Crippen molar-refractivity contribution in [1.82, 2.24) is 0 Å². The first kappa shape index (κ1) is 23.2. The summed E-state index contributed by atoms with van der Waals surface area (Å²) in [5.74, 6) is 0. The minimum Gasteiger partial charge on any atom is -0.894 e. The van der Waals surface area contributed by atoms with E-state index in [9.17, 15) is 0 Å². The largest absolute Gasteiger partial charge is 3.00 e. The Hall–Kier alpha value is 1.24. The Morgan fingerprint density at radius 1 is 0.750 bits per heavy atom. The molecule has 0 saturated carbocycles. The van der Waals surface area contributed by atoms with Gasteiger partial charge in [0, 0.05) is 0 Å². The van der Waals surface area contributed by atoms with Gasteiger partial charge in [-0.25, -0.2) is 0 Å². The quantitative estimate of drug-likeness (QED) is 0.292. The number of hydrogen-bond acceptors (Lipinski definition) is 8.